The minimum Gasteiger partial charge on any atom is -0.394 e. The summed E-state index contributed by atoms with van der Waals surface area (Å²) in [6.07, 6.45) is 59.2. The fourth-order valence-corrected chi connectivity index (χ4v) is 8.14. The Labute approximate surface area is 410 Å². The van der Waals surface area contributed by atoms with E-state index in [2.05, 4.69) is 92.1 Å². The van der Waals surface area contributed by atoms with Gasteiger partial charge in [-0.25, -0.2) is 0 Å². The fraction of sp³-hybridized carbons (Fsp3) is 0.741. The molecular weight excluding hydrogens is 839 g/mol. The summed E-state index contributed by atoms with van der Waals surface area (Å²) in [5.41, 5.74) is 0. The lowest BCUT2D eigenvalue weighted by Gasteiger charge is -2.40. The Hall–Kier alpha value is -2.63. The molecule has 0 saturated carbocycles. The third kappa shape index (κ3) is 36.9. The minimum atomic E-state index is -1.58. The maximum atomic E-state index is 13.0. The molecule has 7 atom stereocenters. The molecule has 0 aromatic heterocycles. The molecule has 67 heavy (non-hydrogen) atoms. The van der Waals surface area contributed by atoms with Gasteiger partial charge in [-0.05, 0) is 77.0 Å². The van der Waals surface area contributed by atoms with E-state index in [0.717, 1.165) is 83.5 Å². The van der Waals surface area contributed by atoms with Crippen molar-refractivity contribution in [3.05, 3.63) is 85.1 Å². The number of aliphatic hydroxyl groups is 5. The molecule has 6 N–H and O–H groups in total. The smallest absolute Gasteiger partial charge is 0.220 e. The van der Waals surface area contributed by atoms with Crippen LogP contribution in [-0.4, -0.2) is 87.5 Å². The van der Waals surface area contributed by atoms with E-state index >= 15 is 0 Å². The van der Waals surface area contributed by atoms with Crippen LogP contribution in [0.5, 0.6) is 0 Å². The molecular formula is C58H101NO8. The third-order valence-corrected chi connectivity index (χ3v) is 12.5. The number of carbonyl (C=O) groups excluding carboxylic acids is 1. The van der Waals surface area contributed by atoms with Crippen molar-refractivity contribution in [2.75, 3.05) is 13.2 Å². The molecule has 9 nitrogen and oxygen atoms in total. The highest BCUT2D eigenvalue weighted by Gasteiger charge is 2.44. The minimum absolute atomic E-state index is 0.200. The predicted octanol–water partition coefficient (Wildman–Crippen LogP) is 13.1. The molecule has 1 aliphatic rings. The highest BCUT2D eigenvalue weighted by molar-refractivity contribution is 5.76. The summed E-state index contributed by atoms with van der Waals surface area (Å²) in [7, 11) is 0. The van der Waals surface area contributed by atoms with Gasteiger partial charge in [-0.3, -0.25) is 4.79 Å². The molecule has 0 spiro atoms. The van der Waals surface area contributed by atoms with Gasteiger partial charge < -0.3 is 40.3 Å². The number of ether oxygens (including phenoxy) is 2. The quantitative estimate of drug-likeness (QED) is 0.0261. The zero-order valence-electron chi connectivity index (χ0n) is 42.6. The van der Waals surface area contributed by atoms with Gasteiger partial charge in [0.2, 0.25) is 5.91 Å². The molecule has 7 unspecified atom stereocenters. The second-order valence-corrected chi connectivity index (χ2v) is 18.6. The molecule has 1 saturated heterocycles. The highest BCUT2D eigenvalue weighted by atomic mass is 16.7. The number of hydrogen-bond acceptors (Lipinski definition) is 8. The first kappa shape index (κ1) is 62.4. The number of allylic oxidation sites excluding steroid dienone is 13. The molecule has 1 fully saturated rings. The summed E-state index contributed by atoms with van der Waals surface area (Å²) < 4.78 is 11.2. The van der Waals surface area contributed by atoms with E-state index in [1.165, 1.54) is 116 Å². The normalized spacial score (nSPS) is 20.4. The van der Waals surface area contributed by atoms with Crippen molar-refractivity contribution < 1.29 is 39.8 Å². The van der Waals surface area contributed by atoms with Crippen LogP contribution in [0.15, 0.2) is 85.1 Å². The van der Waals surface area contributed by atoms with E-state index in [1.807, 2.05) is 6.08 Å². The van der Waals surface area contributed by atoms with Crippen molar-refractivity contribution in [1.82, 2.24) is 5.32 Å². The Kier molecular flexibility index (Phi) is 43.8. The van der Waals surface area contributed by atoms with Crippen molar-refractivity contribution in [1.29, 1.82) is 0 Å². The summed E-state index contributed by atoms with van der Waals surface area (Å²) in [6, 6.07) is -0.834. The molecule has 386 valence electrons. The molecule has 1 amide bonds. The van der Waals surface area contributed by atoms with E-state index in [4.69, 9.17) is 9.47 Å². The lowest BCUT2D eigenvalue weighted by Crippen LogP contribution is -2.60. The summed E-state index contributed by atoms with van der Waals surface area (Å²) in [4.78, 5) is 13.0. The maximum Gasteiger partial charge on any atom is 0.220 e. The summed E-state index contributed by atoms with van der Waals surface area (Å²) >= 11 is 0. The fourth-order valence-electron chi connectivity index (χ4n) is 8.14. The number of unbranched alkanes of at least 4 members (excludes halogenated alkanes) is 23. The van der Waals surface area contributed by atoms with Crippen molar-refractivity contribution in [2.24, 2.45) is 0 Å². The average molecular weight is 940 g/mol. The largest absolute Gasteiger partial charge is 0.394 e. The van der Waals surface area contributed by atoms with Crippen LogP contribution in [0.4, 0.5) is 0 Å². The molecule has 0 aromatic carbocycles. The highest BCUT2D eigenvalue weighted by Crippen LogP contribution is 2.23. The van der Waals surface area contributed by atoms with Crippen LogP contribution in [0.2, 0.25) is 0 Å². The van der Waals surface area contributed by atoms with Gasteiger partial charge in [-0.1, -0.05) is 221 Å². The zero-order chi connectivity index (χ0) is 48.7. The van der Waals surface area contributed by atoms with Crippen molar-refractivity contribution in [3.63, 3.8) is 0 Å². The maximum absolute atomic E-state index is 13.0. The van der Waals surface area contributed by atoms with Crippen molar-refractivity contribution in [2.45, 2.75) is 262 Å². The van der Waals surface area contributed by atoms with E-state index in [0.29, 0.717) is 6.42 Å². The van der Waals surface area contributed by atoms with E-state index in [-0.39, 0.29) is 12.5 Å². The second-order valence-electron chi connectivity index (χ2n) is 18.6. The zero-order valence-corrected chi connectivity index (χ0v) is 42.6. The average Bonchev–Trinajstić information content (AvgIpc) is 3.33. The molecule has 0 radical (unpaired) electrons. The van der Waals surface area contributed by atoms with Gasteiger partial charge in [-0.15, -0.1) is 0 Å². The molecule has 0 bridgehead atoms. The Bertz CT molecular complexity index is 1320. The number of nitrogens with one attached hydrogen (secondary N) is 1. The van der Waals surface area contributed by atoms with Gasteiger partial charge in [-0.2, -0.15) is 0 Å². The van der Waals surface area contributed by atoms with Gasteiger partial charge in [0.1, 0.15) is 24.4 Å². The molecule has 1 heterocycles. The van der Waals surface area contributed by atoms with Crippen LogP contribution in [0.1, 0.15) is 219 Å². The van der Waals surface area contributed by atoms with Crippen LogP contribution < -0.4 is 5.32 Å². The second kappa shape index (κ2) is 47.1. The number of carbonyl (C=O) groups is 1. The van der Waals surface area contributed by atoms with Crippen LogP contribution in [-0.2, 0) is 14.3 Å². The molecule has 9 heteroatoms. The number of aliphatic hydroxyl groups excluding tert-OH is 5. The standard InChI is InChI=1S/C58H101NO8/c1-3-5-7-9-11-13-15-17-19-21-23-25-26-28-30-32-34-36-38-40-42-44-46-48-54(62)59-51(50-66-58-57(65)56(64)55(63)53(49-60)67-58)52(61)47-45-43-41-39-37-35-33-31-29-27-24-22-20-18-16-14-12-10-8-6-4-2/h5,7,11,13,17,19,23,25,28,30,37,39,45,47,51-53,55-58,60-61,63-65H,3-4,6,8-10,12,14-16,18,20-22,24,26-27,29,31-36,38,40-44,46,48-50H2,1-2H3,(H,59,62)/b7-5-,13-11-,19-17-,25-23-,30-28-,39-37+,47-45+. The lowest BCUT2D eigenvalue weighted by atomic mass is 9.99. The van der Waals surface area contributed by atoms with Gasteiger partial charge in [0.25, 0.3) is 0 Å². The number of hydrogen-bond donors (Lipinski definition) is 6. The van der Waals surface area contributed by atoms with E-state index < -0.39 is 49.5 Å². The van der Waals surface area contributed by atoms with Crippen LogP contribution >= 0.6 is 0 Å². The van der Waals surface area contributed by atoms with Crippen LogP contribution in [0.3, 0.4) is 0 Å². The Balaban J connectivity index is 2.31. The topological polar surface area (TPSA) is 149 Å². The molecule has 1 aliphatic heterocycles. The lowest BCUT2D eigenvalue weighted by molar-refractivity contribution is -0.302. The first-order valence-electron chi connectivity index (χ1n) is 27.3. The van der Waals surface area contributed by atoms with Crippen LogP contribution in [0, 0.1) is 0 Å². The first-order valence-corrected chi connectivity index (χ1v) is 27.3. The Morgan fingerprint density at radius 2 is 0.940 bits per heavy atom. The SMILES string of the molecule is CC/C=C\C/C=C\C/C=C\C/C=C\C/C=C\CCCCCCCCCC(=O)NC(COC1OC(CO)C(O)C(O)C1O)C(O)/C=C/CC/C=C/CCCCCCCCCCCCCCCCC. The third-order valence-electron chi connectivity index (χ3n) is 12.5. The first-order chi connectivity index (χ1) is 32.8. The van der Waals surface area contributed by atoms with Crippen molar-refractivity contribution in [3.8, 4) is 0 Å². The number of rotatable bonds is 45. The van der Waals surface area contributed by atoms with E-state index in [1.54, 1.807) is 6.08 Å². The number of amides is 1. The van der Waals surface area contributed by atoms with E-state index in [9.17, 15) is 30.3 Å². The van der Waals surface area contributed by atoms with Gasteiger partial charge in [0, 0.05) is 6.42 Å². The van der Waals surface area contributed by atoms with Crippen LogP contribution in [0.25, 0.3) is 0 Å². The van der Waals surface area contributed by atoms with Gasteiger partial charge in [0.15, 0.2) is 6.29 Å². The van der Waals surface area contributed by atoms with Gasteiger partial charge in [0.05, 0.1) is 25.4 Å². The Morgan fingerprint density at radius 3 is 1.43 bits per heavy atom. The Morgan fingerprint density at radius 1 is 0.522 bits per heavy atom. The summed E-state index contributed by atoms with van der Waals surface area (Å²) in [5, 5.41) is 54.4. The van der Waals surface area contributed by atoms with Crippen molar-refractivity contribution >= 4 is 5.91 Å². The monoisotopic (exact) mass is 940 g/mol. The van der Waals surface area contributed by atoms with Gasteiger partial charge >= 0.3 is 0 Å². The predicted molar refractivity (Wildman–Crippen MR) is 281 cm³/mol. The molecule has 0 aliphatic carbocycles. The molecule has 1 rings (SSSR count). The summed E-state index contributed by atoms with van der Waals surface area (Å²) in [6.45, 7) is 3.65. The summed E-state index contributed by atoms with van der Waals surface area (Å²) in [5.74, 6) is -0.200. The molecule has 0 aromatic rings.